The number of nitrogens with one attached hydrogen (secondary N) is 1. The van der Waals surface area contributed by atoms with Gasteiger partial charge in [0.2, 0.25) is 0 Å². The molecule has 0 unspecified atom stereocenters. The summed E-state index contributed by atoms with van der Waals surface area (Å²) in [6, 6.07) is 12.8. The van der Waals surface area contributed by atoms with Crippen LogP contribution in [0.2, 0.25) is 0 Å². The van der Waals surface area contributed by atoms with Gasteiger partial charge in [0.1, 0.15) is 12.4 Å². The van der Waals surface area contributed by atoms with Gasteiger partial charge < -0.3 is 10.1 Å². The third kappa shape index (κ3) is 4.91. The van der Waals surface area contributed by atoms with Gasteiger partial charge in [0.25, 0.3) is 5.91 Å². The van der Waals surface area contributed by atoms with E-state index in [9.17, 15) is 18.0 Å². The van der Waals surface area contributed by atoms with Crippen LogP contribution in [0.5, 0.6) is 5.75 Å². The normalized spacial score (nSPS) is 19.8. The molecule has 1 N–H and O–H groups in total. The molecular formula is C26H27F3N4O2. The maximum atomic E-state index is 13.0. The number of ether oxygens (including phenoxy) is 1. The summed E-state index contributed by atoms with van der Waals surface area (Å²) in [7, 11) is 1.81. The van der Waals surface area contributed by atoms with Crippen LogP contribution in [0.1, 0.15) is 41.6 Å². The largest absolute Gasteiger partial charge is 0.492 e. The van der Waals surface area contributed by atoms with Crippen LogP contribution in [-0.2, 0) is 13.2 Å². The Bertz CT molecular complexity index is 1200. The molecule has 9 heteroatoms. The summed E-state index contributed by atoms with van der Waals surface area (Å²) in [5, 5.41) is 6.94. The highest BCUT2D eigenvalue weighted by Crippen LogP contribution is 2.37. The van der Waals surface area contributed by atoms with Crippen molar-refractivity contribution in [3.8, 4) is 17.0 Å². The van der Waals surface area contributed by atoms with Gasteiger partial charge in [0.05, 0.1) is 11.3 Å². The zero-order valence-electron chi connectivity index (χ0n) is 19.4. The fraction of sp³-hybridized carbons (Fsp3) is 0.385. The number of alkyl halides is 3. The van der Waals surface area contributed by atoms with Crippen molar-refractivity contribution in [1.82, 2.24) is 14.7 Å². The van der Waals surface area contributed by atoms with E-state index in [1.54, 1.807) is 29.1 Å². The molecule has 2 aliphatic rings. The summed E-state index contributed by atoms with van der Waals surface area (Å²) in [6.07, 6.45) is 2.23. The molecule has 0 radical (unpaired) electrons. The smallest absolute Gasteiger partial charge is 0.416 e. The molecule has 0 atom stereocenters. The number of fused-ring (bicyclic) bond motifs is 2. The van der Waals surface area contributed by atoms with Crippen LogP contribution in [-0.4, -0.2) is 45.8 Å². The lowest BCUT2D eigenvalue weighted by Gasteiger charge is -2.22. The van der Waals surface area contributed by atoms with E-state index in [2.05, 4.69) is 15.3 Å². The first kappa shape index (κ1) is 23.4. The molecule has 0 aliphatic carbocycles. The third-order valence-corrected chi connectivity index (χ3v) is 7.00. The maximum absolute atomic E-state index is 13.0. The molecule has 2 saturated heterocycles. The lowest BCUT2D eigenvalue weighted by Crippen LogP contribution is -2.32. The first-order valence-corrected chi connectivity index (χ1v) is 11.8. The molecule has 2 bridgehead atoms. The summed E-state index contributed by atoms with van der Waals surface area (Å²) >= 11 is 0. The van der Waals surface area contributed by atoms with E-state index in [1.807, 2.05) is 13.1 Å². The average molecular weight is 485 g/mol. The van der Waals surface area contributed by atoms with E-state index in [0.717, 1.165) is 29.9 Å². The van der Waals surface area contributed by atoms with Crippen molar-refractivity contribution < 1.29 is 22.7 Å². The number of anilines is 1. The molecule has 2 aliphatic heterocycles. The monoisotopic (exact) mass is 484 g/mol. The molecule has 2 fully saturated rings. The number of benzene rings is 2. The van der Waals surface area contributed by atoms with Crippen LogP contribution in [0.25, 0.3) is 11.3 Å². The van der Waals surface area contributed by atoms with Crippen LogP contribution in [0, 0.1) is 0 Å². The molecule has 3 heterocycles. The van der Waals surface area contributed by atoms with E-state index in [0.29, 0.717) is 30.1 Å². The molecule has 1 aromatic heterocycles. The van der Waals surface area contributed by atoms with Crippen molar-refractivity contribution in [2.75, 3.05) is 18.5 Å². The molecule has 0 spiro atoms. The summed E-state index contributed by atoms with van der Waals surface area (Å²) < 4.78 is 47.0. The second kappa shape index (κ2) is 9.37. The van der Waals surface area contributed by atoms with E-state index in [1.165, 1.54) is 37.8 Å². The van der Waals surface area contributed by atoms with Gasteiger partial charge in [-0.3, -0.25) is 14.4 Å². The van der Waals surface area contributed by atoms with Gasteiger partial charge >= 0.3 is 6.18 Å². The minimum Gasteiger partial charge on any atom is -0.492 e. The summed E-state index contributed by atoms with van der Waals surface area (Å²) in [4.78, 5) is 15.2. The molecule has 35 heavy (non-hydrogen) atoms. The zero-order chi connectivity index (χ0) is 24.6. The molecule has 0 saturated carbocycles. The highest BCUT2D eigenvalue weighted by molar-refractivity contribution is 6.04. The summed E-state index contributed by atoms with van der Waals surface area (Å²) in [5.41, 5.74) is 1.07. The van der Waals surface area contributed by atoms with Crippen LogP contribution >= 0.6 is 0 Å². The van der Waals surface area contributed by atoms with Crippen LogP contribution in [0.15, 0.2) is 54.7 Å². The van der Waals surface area contributed by atoms with Gasteiger partial charge in [-0.1, -0.05) is 6.07 Å². The number of halogens is 3. The fourth-order valence-corrected chi connectivity index (χ4v) is 5.26. The Balaban J connectivity index is 1.34. The van der Waals surface area contributed by atoms with E-state index >= 15 is 0 Å². The van der Waals surface area contributed by atoms with Crippen LogP contribution in [0.3, 0.4) is 0 Å². The second-order valence-electron chi connectivity index (χ2n) is 9.13. The number of carbonyl (C=O) groups is 1. The summed E-state index contributed by atoms with van der Waals surface area (Å²) in [6.45, 7) is 1.42. The predicted molar refractivity (Wildman–Crippen MR) is 126 cm³/mol. The first-order chi connectivity index (χ1) is 16.8. The number of aryl methyl sites for hydroxylation is 1. The Labute approximate surface area is 201 Å². The second-order valence-corrected chi connectivity index (χ2v) is 9.13. The van der Waals surface area contributed by atoms with Crippen molar-refractivity contribution in [2.24, 2.45) is 7.05 Å². The highest BCUT2D eigenvalue weighted by Gasteiger charge is 2.38. The molecule has 184 valence electrons. The first-order valence-electron chi connectivity index (χ1n) is 11.8. The van der Waals surface area contributed by atoms with E-state index < -0.39 is 17.6 Å². The number of carbonyl (C=O) groups excluding carboxylic acids is 1. The van der Waals surface area contributed by atoms with Crippen molar-refractivity contribution in [3.05, 3.63) is 65.9 Å². The number of hydrogen-bond donors (Lipinski definition) is 1. The number of nitrogens with zero attached hydrogens (tertiary/aromatic N) is 3. The Morgan fingerprint density at radius 3 is 2.49 bits per heavy atom. The topological polar surface area (TPSA) is 59.4 Å². The Kier molecular flexibility index (Phi) is 6.27. The predicted octanol–water partition coefficient (Wildman–Crippen LogP) is 5.36. The molecule has 6 nitrogen and oxygen atoms in total. The Morgan fingerprint density at radius 1 is 1.09 bits per heavy atom. The fourth-order valence-electron chi connectivity index (χ4n) is 5.26. The van der Waals surface area contributed by atoms with Crippen LogP contribution < -0.4 is 10.1 Å². The van der Waals surface area contributed by atoms with Crippen LogP contribution in [0.4, 0.5) is 18.9 Å². The van der Waals surface area contributed by atoms with Crippen molar-refractivity contribution in [2.45, 2.75) is 43.9 Å². The Hall–Kier alpha value is -3.33. The molecule has 1 amide bonds. The lowest BCUT2D eigenvalue weighted by molar-refractivity contribution is -0.137. The van der Waals surface area contributed by atoms with Crippen molar-refractivity contribution in [3.63, 3.8) is 0 Å². The minimum atomic E-state index is -4.52. The lowest BCUT2D eigenvalue weighted by atomic mass is 10.0. The van der Waals surface area contributed by atoms with Gasteiger partial charge in [-0.15, -0.1) is 0 Å². The average Bonchev–Trinajstić information content (AvgIpc) is 3.55. The van der Waals surface area contributed by atoms with E-state index in [4.69, 9.17) is 4.74 Å². The number of hydrogen-bond acceptors (Lipinski definition) is 4. The van der Waals surface area contributed by atoms with E-state index in [-0.39, 0.29) is 5.56 Å². The van der Waals surface area contributed by atoms with Gasteiger partial charge in [-0.2, -0.15) is 18.3 Å². The summed E-state index contributed by atoms with van der Waals surface area (Å²) in [5.74, 6) is 0.0439. The van der Waals surface area contributed by atoms with Gasteiger partial charge in [-0.05, 0) is 68.1 Å². The molecule has 2 aromatic carbocycles. The quantitative estimate of drug-likeness (QED) is 0.490. The zero-order valence-corrected chi connectivity index (χ0v) is 19.4. The molecule has 3 aromatic rings. The minimum absolute atomic E-state index is 0.0671. The highest BCUT2D eigenvalue weighted by atomic mass is 19.4. The standard InChI is InChI=1S/C26H27F3N4O2/c1-32-23(11-12-30-32)22-16-19(31-25(34)17-3-2-4-18(15-17)26(27,28)29)5-10-24(22)35-14-13-33-20-6-7-21(33)9-8-20/h2-5,10-12,15-16,20-21H,6-9,13-14H2,1H3,(H,31,34). The number of amides is 1. The number of aromatic nitrogens is 2. The van der Waals surface area contributed by atoms with Gasteiger partial charge in [-0.25, -0.2) is 0 Å². The van der Waals surface area contributed by atoms with Crippen molar-refractivity contribution in [1.29, 1.82) is 0 Å². The SMILES string of the molecule is Cn1nccc1-c1cc(NC(=O)c2cccc(C(F)(F)F)c2)ccc1OCCN1C2CCC1CC2. The van der Waals surface area contributed by atoms with Gasteiger partial charge in [0.15, 0.2) is 0 Å². The molecule has 5 rings (SSSR count). The maximum Gasteiger partial charge on any atom is 0.416 e. The molecular weight excluding hydrogens is 457 g/mol. The third-order valence-electron chi connectivity index (χ3n) is 7.00. The van der Waals surface area contributed by atoms with Crippen molar-refractivity contribution >= 4 is 11.6 Å². The number of rotatable bonds is 7. The Morgan fingerprint density at radius 2 is 1.83 bits per heavy atom. The van der Waals surface area contributed by atoms with Gasteiger partial charge in [0, 0.05) is 48.7 Å².